The zero-order chi connectivity index (χ0) is 40.0. The molecule has 4 aromatic heterocycles. The summed E-state index contributed by atoms with van der Waals surface area (Å²) in [6.07, 6.45) is 7.52. The van der Waals surface area contributed by atoms with Crippen molar-refractivity contribution in [2.24, 2.45) is 0 Å². The van der Waals surface area contributed by atoms with E-state index >= 15 is 0 Å². The molecule has 0 aliphatic carbocycles. The molecule has 0 spiro atoms. The van der Waals surface area contributed by atoms with Crippen LogP contribution in [0.15, 0.2) is 96.2 Å². The highest BCUT2D eigenvalue weighted by molar-refractivity contribution is 6.09. The second-order valence-corrected chi connectivity index (χ2v) is 18.1. The van der Waals surface area contributed by atoms with Gasteiger partial charge in [0, 0.05) is 58.0 Å². The third kappa shape index (κ3) is 6.06. The number of allylic oxidation sites excluding steroid dienone is 1. The SMILES string of the molecule is C=C1CC2c3cc(C)ccc3-c3cc(C)c(C)c[n+]3C2CCc2ccc3c(oc4nc(-c5c(C(C)C)cccc5C(C)C)ccc43)c2-c2cc(C(C)C)c(C)c[n+]21. The summed E-state index contributed by atoms with van der Waals surface area (Å²) in [7, 11) is 0. The molecule has 3 aromatic carbocycles. The minimum Gasteiger partial charge on any atom is -0.437 e. The van der Waals surface area contributed by atoms with E-state index in [-0.39, 0.29) is 12.0 Å². The van der Waals surface area contributed by atoms with Crippen molar-refractivity contribution in [1.29, 1.82) is 0 Å². The second-order valence-electron chi connectivity index (χ2n) is 18.1. The number of hydrogen-bond donors (Lipinski definition) is 0. The summed E-state index contributed by atoms with van der Waals surface area (Å²) in [5, 5.41) is 2.16. The molecule has 0 saturated heterocycles. The number of hydrogen-bond acceptors (Lipinski definition) is 2. The third-order valence-corrected chi connectivity index (χ3v) is 13.2. The highest BCUT2D eigenvalue weighted by Crippen LogP contribution is 2.47. The lowest BCUT2D eigenvalue weighted by Crippen LogP contribution is -2.49. The first-order valence-electron chi connectivity index (χ1n) is 21.2. The Bertz CT molecular complexity index is 2750. The predicted octanol–water partition coefficient (Wildman–Crippen LogP) is 13.3. The Kier molecular flexibility index (Phi) is 9.11. The van der Waals surface area contributed by atoms with Crippen molar-refractivity contribution in [2.45, 2.75) is 118 Å². The average Bonchev–Trinajstić information content (AvgIpc) is 3.55. The number of fused-ring (bicyclic) bond motifs is 13. The summed E-state index contributed by atoms with van der Waals surface area (Å²) < 4.78 is 12.1. The van der Waals surface area contributed by atoms with E-state index in [9.17, 15) is 0 Å². The van der Waals surface area contributed by atoms with E-state index in [1.807, 2.05) is 0 Å². The average molecular weight is 752 g/mol. The van der Waals surface area contributed by atoms with Crippen molar-refractivity contribution >= 4 is 27.8 Å². The van der Waals surface area contributed by atoms with Crippen LogP contribution >= 0.6 is 0 Å². The van der Waals surface area contributed by atoms with E-state index in [0.29, 0.717) is 23.5 Å². The number of furan rings is 1. The highest BCUT2D eigenvalue weighted by Gasteiger charge is 2.43. The van der Waals surface area contributed by atoms with Crippen LogP contribution in [0, 0.1) is 27.7 Å². The maximum atomic E-state index is 7.10. The zero-order valence-corrected chi connectivity index (χ0v) is 35.5. The van der Waals surface area contributed by atoms with Crippen LogP contribution in [0.4, 0.5) is 0 Å². The smallest absolute Gasteiger partial charge is 0.227 e. The predicted molar refractivity (Wildman–Crippen MR) is 236 cm³/mol. The molecule has 0 amide bonds. The molecule has 0 N–H and O–H groups in total. The minimum atomic E-state index is 0.267. The Labute approximate surface area is 338 Å². The van der Waals surface area contributed by atoms with Gasteiger partial charge >= 0.3 is 0 Å². The molecule has 2 atom stereocenters. The van der Waals surface area contributed by atoms with Gasteiger partial charge in [-0.1, -0.05) is 89.6 Å². The first kappa shape index (κ1) is 37.2. The zero-order valence-electron chi connectivity index (χ0n) is 35.5. The van der Waals surface area contributed by atoms with Crippen molar-refractivity contribution in [3.8, 4) is 33.8 Å². The van der Waals surface area contributed by atoms with Crippen LogP contribution in [0.25, 0.3) is 61.5 Å². The van der Waals surface area contributed by atoms with Gasteiger partial charge in [0.05, 0.1) is 17.2 Å². The molecule has 288 valence electrons. The van der Waals surface area contributed by atoms with Crippen LogP contribution in [-0.2, 0) is 6.42 Å². The normalized spacial score (nSPS) is 16.5. The fourth-order valence-corrected chi connectivity index (χ4v) is 10.1. The molecule has 9 rings (SSSR count). The summed E-state index contributed by atoms with van der Waals surface area (Å²) in [5.74, 6) is 1.40. The molecule has 0 bridgehead atoms. The van der Waals surface area contributed by atoms with Gasteiger partial charge in [0.2, 0.25) is 17.1 Å². The first-order valence-corrected chi connectivity index (χ1v) is 21.2. The molecule has 0 radical (unpaired) electrons. The molecule has 4 nitrogen and oxygen atoms in total. The molecule has 57 heavy (non-hydrogen) atoms. The number of pyridine rings is 3. The van der Waals surface area contributed by atoms with E-state index in [1.165, 1.54) is 66.9 Å². The number of aryl methyl sites for hydroxylation is 5. The van der Waals surface area contributed by atoms with Gasteiger partial charge in [-0.05, 0) is 110 Å². The molecule has 2 aliphatic rings. The quantitative estimate of drug-likeness (QED) is 0.168. The monoisotopic (exact) mass is 751 g/mol. The fraction of sp³-hybridized carbons (Fsp3) is 0.340. The maximum Gasteiger partial charge on any atom is 0.227 e. The van der Waals surface area contributed by atoms with Gasteiger partial charge in [-0.25, -0.2) is 4.98 Å². The largest absolute Gasteiger partial charge is 0.437 e. The topological polar surface area (TPSA) is 33.8 Å². The molecule has 2 unspecified atom stereocenters. The number of nitrogens with zero attached hydrogens (tertiary/aromatic N) is 3. The Morgan fingerprint density at radius 2 is 1.42 bits per heavy atom. The lowest BCUT2D eigenvalue weighted by atomic mass is 9.76. The van der Waals surface area contributed by atoms with E-state index in [0.717, 1.165) is 58.3 Å². The molecular formula is C53H57N3O+2. The van der Waals surface area contributed by atoms with Gasteiger partial charge in [-0.15, -0.1) is 0 Å². The van der Waals surface area contributed by atoms with Crippen molar-refractivity contribution in [1.82, 2.24) is 4.98 Å². The number of aromatic nitrogens is 3. The van der Waals surface area contributed by atoms with E-state index < -0.39 is 0 Å². The van der Waals surface area contributed by atoms with Crippen LogP contribution in [-0.4, -0.2) is 4.98 Å². The van der Waals surface area contributed by atoms with Crippen molar-refractivity contribution in [2.75, 3.05) is 0 Å². The lowest BCUT2D eigenvalue weighted by Gasteiger charge is -2.32. The molecule has 7 aromatic rings. The van der Waals surface area contributed by atoms with Gasteiger partial charge in [-0.3, -0.25) is 0 Å². The third-order valence-electron chi connectivity index (χ3n) is 13.2. The summed E-state index contributed by atoms with van der Waals surface area (Å²) in [6.45, 7) is 27.6. The molecular weight excluding hydrogens is 695 g/mol. The van der Waals surface area contributed by atoms with Gasteiger partial charge in [0.25, 0.3) is 0 Å². The minimum absolute atomic E-state index is 0.267. The van der Waals surface area contributed by atoms with Crippen LogP contribution in [0.2, 0.25) is 0 Å². The molecule has 0 fully saturated rings. The van der Waals surface area contributed by atoms with Gasteiger partial charge in [0.1, 0.15) is 0 Å². The van der Waals surface area contributed by atoms with Crippen molar-refractivity contribution in [3.05, 3.63) is 142 Å². The van der Waals surface area contributed by atoms with Gasteiger partial charge < -0.3 is 4.42 Å². The van der Waals surface area contributed by atoms with Crippen molar-refractivity contribution < 1.29 is 13.6 Å². The van der Waals surface area contributed by atoms with Crippen LogP contribution in [0.3, 0.4) is 0 Å². The Balaban J connectivity index is 1.29. The molecule has 6 heterocycles. The Hall–Kier alpha value is -5.35. The molecule has 0 saturated carbocycles. The summed E-state index contributed by atoms with van der Waals surface area (Å²) >= 11 is 0. The maximum absolute atomic E-state index is 7.10. The summed E-state index contributed by atoms with van der Waals surface area (Å²) in [4.78, 5) is 5.35. The molecule has 2 aliphatic heterocycles. The lowest BCUT2D eigenvalue weighted by molar-refractivity contribution is -0.719. The second kappa shape index (κ2) is 13.9. The van der Waals surface area contributed by atoms with Gasteiger partial charge in [-0.2, -0.15) is 9.13 Å². The highest BCUT2D eigenvalue weighted by atomic mass is 16.3. The summed E-state index contributed by atoms with van der Waals surface area (Å²) in [6, 6.07) is 28.0. The van der Waals surface area contributed by atoms with Crippen LogP contribution in [0.1, 0.15) is 134 Å². The Morgan fingerprint density at radius 1 is 0.702 bits per heavy atom. The standard InChI is InChI=1S/C53H57N3O/c1-29(2)38-13-12-14-39(30(3)4)51(38)46-21-20-42-41-19-16-37-17-22-47-45(44-23-32(7)15-18-40(44)48-24-33(8)34(9)27-56(47)48)25-36(11)55-28-35(10)43(31(5)6)26-49(55)50(37)52(41)57-53(42)54-46/h12-16,18-21,23-24,26-31,45,47H,11,17,22,25H2,1-10H3/q+2. The van der Waals surface area contributed by atoms with E-state index in [1.54, 1.807) is 0 Å². The summed E-state index contributed by atoms with van der Waals surface area (Å²) in [5.41, 5.74) is 21.9. The number of benzene rings is 3. The molecule has 4 heteroatoms. The van der Waals surface area contributed by atoms with Crippen molar-refractivity contribution in [3.63, 3.8) is 0 Å². The van der Waals surface area contributed by atoms with E-state index in [4.69, 9.17) is 16.0 Å². The van der Waals surface area contributed by atoms with Gasteiger partial charge in [0.15, 0.2) is 29.7 Å². The Morgan fingerprint density at radius 3 is 2.14 bits per heavy atom. The fourth-order valence-electron chi connectivity index (χ4n) is 10.1. The first-order chi connectivity index (χ1) is 27.3. The van der Waals surface area contributed by atoms with Crippen LogP contribution in [0.5, 0.6) is 0 Å². The van der Waals surface area contributed by atoms with E-state index in [2.05, 4.69) is 164 Å². The van der Waals surface area contributed by atoms with Crippen LogP contribution < -0.4 is 9.13 Å². The number of rotatable bonds is 4.